The molecule has 2 aromatic rings. The van der Waals surface area contributed by atoms with Crippen molar-refractivity contribution in [3.63, 3.8) is 0 Å². The lowest BCUT2D eigenvalue weighted by atomic mass is 10.2. The molecule has 0 bridgehead atoms. The SMILES string of the molecule is CC(N)CCNC(=O)c1cccc(OCc2cccs2)c1.Cl. The molecule has 1 aromatic heterocycles. The van der Waals surface area contributed by atoms with Crippen molar-refractivity contribution >= 4 is 29.7 Å². The lowest BCUT2D eigenvalue weighted by Gasteiger charge is -2.09. The predicted molar refractivity (Wildman–Crippen MR) is 92.9 cm³/mol. The van der Waals surface area contributed by atoms with E-state index in [0.29, 0.717) is 24.5 Å². The molecule has 0 saturated heterocycles. The summed E-state index contributed by atoms with van der Waals surface area (Å²) in [4.78, 5) is 13.2. The molecule has 0 fully saturated rings. The zero-order valence-electron chi connectivity index (χ0n) is 12.5. The zero-order valence-corrected chi connectivity index (χ0v) is 14.1. The van der Waals surface area contributed by atoms with Gasteiger partial charge >= 0.3 is 0 Å². The van der Waals surface area contributed by atoms with Crippen LogP contribution in [0.1, 0.15) is 28.6 Å². The molecule has 0 aliphatic carbocycles. The molecule has 1 atom stereocenters. The van der Waals surface area contributed by atoms with Crippen LogP contribution in [0.5, 0.6) is 5.75 Å². The topological polar surface area (TPSA) is 64.3 Å². The van der Waals surface area contributed by atoms with Crippen LogP contribution in [0, 0.1) is 0 Å². The van der Waals surface area contributed by atoms with E-state index in [4.69, 9.17) is 10.5 Å². The van der Waals surface area contributed by atoms with Gasteiger partial charge in [-0.3, -0.25) is 4.79 Å². The number of amides is 1. The van der Waals surface area contributed by atoms with Gasteiger partial charge in [0, 0.05) is 23.0 Å². The number of carbonyl (C=O) groups is 1. The van der Waals surface area contributed by atoms with Crippen LogP contribution in [-0.2, 0) is 6.61 Å². The van der Waals surface area contributed by atoms with Crippen LogP contribution in [0.15, 0.2) is 41.8 Å². The van der Waals surface area contributed by atoms with Crippen molar-refractivity contribution in [2.45, 2.75) is 26.0 Å². The van der Waals surface area contributed by atoms with Gasteiger partial charge in [0.15, 0.2) is 0 Å². The van der Waals surface area contributed by atoms with Gasteiger partial charge in [-0.05, 0) is 43.0 Å². The van der Waals surface area contributed by atoms with Crippen LogP contribution in [0.4, 0.5) is 0 Å². The third kappa shape index (κ3) is 6.05. The molecule has 1 amide bonds. The van der Waals surface area contributed by atoms with E-state index in [1.165, 1.54) is 0 Å². The maximum Gasteiger partial charge on any atom is 0.251 e. The lowest BCUT2D eigenvalue weighted by molar-refractivity contribution is 0.0952. The molecular weight excluding hydrogens is 320 g/mol. The molecule has 1 aromatic carbocycles. The smallest absolute Gasteiger partial charge is 0.251 e. The summed E-state index contributed by atoms with van der Waals surface area (Å²) in [6.45, 7) is 3.02. The maximum atomic E-state index is 12.0. The molecule has 0 aliphatic rings. The molecule has 0 spiro atoms. The molecule has 4 nitrogen and oxygen atoms in total. The maximum absolute atomic E-state index is 12.0. The summed E-state index contributed by atoms with van der Waals surface area (Å²) in [7, 11) is 0. The van der Waals surface area contributed by atoms with Gasteiger partial charge in [-0.25, -0.2) is 0 Å². The van der Waals surface area contributed by atoms with Gasteiger partial charge in [-0.2, -0.15) is 0 Å². The van der Waals surface area contributed by atoms with Gasteiger partial charge in [0.25, 0.3) is 5.91 Å². The number of halogens is 1. The second kappa shape index (κ2) is 9.46. The van der Waals surface area contributed by atoms with E-state index in [2.05, 4.69) is 5.32 Å². The first-order valence-electron chi connectivity index (χ1n) is 6.94. The first kappa shape index (κ1) is 18.5. The number of benzene rings is 1. The number of nitrogens with two attached hydrogens (primary N) is 1. The number of hydrogen-bond acceptors (Lipinski definition) is 4. The van der Waals surface area contributed by atoms with Crippen LogP contribution < -0.4 is 15.8 Å². The van der Waals surface area contributed by atoms with E-state index < -0.39 is 0 Å². The molecular formula is C16H21ClN2O2S. The van der Waals surface area contributed by atoms with E-state index >= 15 is 0 Å². The quantitative estimate of drug-likeness (QED) is 0.813. The fourth-order valence-corrected chi connectivity index (χ4v) is 2.41. The Balaban J connectivity index is 0.00000242. The molecule has 0 aliphatic heterocycles. The lowest BCUT2D eigenvalue weighted by Crippen LogP contribution is -2.28. The summed E-state index contributed by atoms with van der Waals surface area (Å²) in [5.41, 5.74) is 6.26. The molecule has 1 unspecified atom stereocenters. The minimum atomic E-state index is -0.0998. The van der Waals surface area contributed by atoms with Crippen LogP contribution in [0.25, 0.3) is 0 Å². The van der Waals surface area contributed by atoms with E-state index in [9.17, 15) is 4.79 Å². The first-order valence-corrected chi connectivity index (χ1v) is 7.82. The normalized spacial score (nSPS) is 11.4. The summed E-state index contributed by atoms with van der Waals surface area (Å²) >= 11 is 1.65. The number of nitrogens with one attached hydrogen (secondary N) is 1. The third-order valence-corrected chi connectivity index (χ3v) is 3.79. The summed E-state index contributed by atoms with van der Waals surface area (Å²) < 4.78 is 5.69. The van der Waals surface area contributed by atoms with Gasteiger partial charge in [0.2, 0.25) is 0 Å². The highest BCUT2D eigenvalue weighted by Crippen LogP contribution is 2.17. The van der Waals surface area contributed by atoms with E-state index in [-0.39, 0.29) is 24.4 Å². The van der Waals surface area contributed by atoms with Crippen molar-refractivity contribution in [2.24, 2.45) is 5.73 Å². The molecule has 120 valence electrons. The molecule has 2 rings (SSSR count). The summed E-state index contributed by atoms with van der Waals surface area (Å²) in [6, 6.07) is 11.3. The van der Waals surface area contributed by atoms with Crippen molar-refractivity contribution in [1.29, 1.82) is 0 Å². The molecule has 1 heterocycles. The number of carbonyl (C=O) groups excluding carboxylic acids is 1. The van der Waals surface area contributed by atoms with E-state index in [1.54, 1.807) is 23.5 Å². The van der Waals surface area contributed by atoms with Gasteiger partial charge in [0.05, 0.1) is 0 Å². The summed E-state index contributed by atoms with van der Waals surface area (Å²) in [5, 5.41) is 4.87. The van der Waals surface area contributed by atoms with Crippen LogP contribution in [-0.4, -0.2) is 18.5 Å². The standard InChI is InChI=1S/C16H20N2O2S.ClH/c1-12(17)7-8-18-16(19)13-4-2-5-14(10-13)20-11-15-6-3-9-21-15;/h2-6,9-10,12H,7-8,11,17H2,1H3,(H,18,19);1H. The second-order valence-corrected chi connectivity index (χ2v) is 5.95. The third-order valence-electron chi connectivity index (χ3n) is 2.94. The Labute approximate surface area is 141 Å². The Morgan fingerprint density at radius 2 is 2.18 bits per heavy atom. The fraction of sp³-hybridized carbons (Fsp3) is 0.312. The van der Waals surface area contributed by atoms with Crippen LogP contribution >= 0.6 is 23.7 Å². The molecule has 0 saturated carbocycles. The van der Waals surface area contributed by atoms with Gasteiger partial charge in [0.1, 0.15) is 12.4 Å². The van der Waals surface area contributed by atoms with E-state index in [0.717, 1.165) is 11.3 Å². The Bertz CT molecular complexity index is 573. The van der Waals surface area contributed by atoms with Crippen molar-refractivity contribution in [3.8, 4) is 5.75 Å². The molecule has 22 heavy (non-hydrogen) atoms. The second-order valence-electron chi connectivity index (χ2n) is 4.92. The summed E-state index contributed by atoms with van der Waals surface area (Å²) in [6.07, 6.45) is 0.764. The minimum Gasteiger partial charge on any atom is -0.488 e. The number of thiophene rings is 1. The van der Waals surface area contributed by atoms with Crippen molar-refractivity contribution in [1.82, 2.24) is 5.32 Å². The Morgan fingerprint density at radius 1 is 1.36 bits per heavy atom. The van der Waals surface area contributed by atoms with Crippen molar-refractivity contribution in [3.05, 3.63) is 52.2 Å². The Morgan fingerprint density at radius 3 is 2.86 bits per heavy atom. The van der Waals surface area contributed by atoms with E-state index in [1.807, 2.05) is 36.6 Å². The first-order chi connectivity index (χ1) is 10.1. The average Bonchev–Trinajstić information content (AvgIpc) is 2.98. The number of hydrogen-bond donors (Lipinski definition) is 2. The van der Waals surface area contributed by atoms with Gasteiger partial charge in [-0.1, -0.05) is 12.1 Å². The fourth-order valence-electron chi connectivity index (χ4n) is 1.79. The molecule has 3 N–H and O–H groups in total. The highest BCUT2D eigenvalue weighted by atomic mass is 35.5. The number of ether oxygens (including phenoxy) is 1. The monoisotopic (exact) mass is 340 g/mol. The minimum absolute atomic E-state index is 0. The Kier molecular flexibility index (Phi) is 7.95. The molecule has 0 radical (unpaired) electrons. The van der Waals surface area contributed by atoms with Crippen LogP contribution in [0.3, 0.4) is 0 Å². The highest BCUT2D eigenvalue weighted by Gasteiger charge is 2.07. The molecule has 6 heteroatoms. The zero-order chi connectivity index (χ0) is 15.1. The summed E-state index contributed by atoms with van der Waals surface area (Å²) in [5.74, 6) is 0.598. The predicted octanol–water partition coefficient (Wildman–Crippen LogP) is 3.22. The average molecular weight is 341 g/mol. The Hall–Kier alpha value is -1.56. The van der Waals surface area contributed by atoms with Gasteiger partial charge in [-0.15, -0.1) is 23.7 Å². The van der Waals surface area contributed by atoms with Gasteiger partial charge < -0.3 is 15.8 Å². The number of rotatable bonds is 7. The van der Waals surface area contributed by atoms with Crippen molar-refractivity contribution < 1.29 is 9.53 Å². The highest BCUT2D eigenvalue weighted by molar-refractivity contribution is 7.09. The van der Waals surface area contributed by atoms with Crippen molar-refractivity contribution in [2.75, 3.05) is 6.54 Å². The van der Waals surface area contributed by atoms with Crippen LogP contribution in [0.2, 0.25) is 0 Å². The largest absolute Gasteiger partial charge is 0.488 e.